The molecule has 1 aliphatic heterocycles. The maximum Gasteiger partial charge on any atom is 0.267 e. The fourth-order valence-electron chi connectivity index (χ4n) is 2.86. The number of ether oxygens (including phenoxy) is 1. The van der Waals surface area contributed by atoms with E-state index >= 15 is 0 Å². The molecule has 1 aliphatic rings. The van der Waals surface area contributed by atoms with Crippen LogP contribution in [0.25, 0.3) is 0 Å². The van der Waals surface area contributed by atoms with Crippen LogP contribution in [0.1, 0.15) is 23.7 Å². The molecular formula is C16H11F6NO3S. The molecular weight excluding hydrogens is 400 g/mol. The highest BCUT2D eigenvalue weighted by Gasteiger charge is 2.58. The van der Waals surface area contributed by atoms with Gasteiger partial charge in [-0.2, -0.15) is 0 Å². The molecule has 0 amide bonds. The Morgan fingerprint density at radius 1 is 1.22 bits per heavy atom. The monoisotopic (exact) mass is 411 g/mol. The lowest BCUT2D eigenvalue weighted by atomic mass is 9.99. The van der Waals surface area contributed by atoms with Crippen molar-refractivity contribution in [2.45, 2.75) is 22.4 Å². The van der Waals surface area contributed by atoms with Crippen LogP contribution in [0.2, 0.25) is 0 Å². The van der Waals surface area contributed by atoms with E-state index in [9.17, 15) is 35.7 Å². The summed E-state index contributed by atoms with van der Waals surface area (Å²) in [6.07, 6.45) is -6.03. The van der Waals surface area contributed by atoms with Crippen molar-refractivity contribution in [2.75, 3.05) is 6.67 Å². The van der Waals surface area contributed by atoms with Gasteiger partial charge in [-0.3, -0.25) is 0 Å². The number of halogens is 6. The Balaban J connectivity index is 2.21. The van der Waals surface area contributed by atoms with E-state index in [4.69, 9.17) is 9.52 Å². The molecule has 146 valence electrons. The van der Waals surface area contributed by atoms with Gasteiger partial charge in [-0.25, -0.2) is 35.3 Å². The van der Waals surface area contributed by atoms with E-state index in [-0.39, 0.29) is 0 Å². The van der Waals surface area contributed by atoms with Gasteiger partial charge in [-0.1, -0.05) is 0 Å². The first-order valence-electron chi connectivity index (χ1n) is 7.33. The van der Waals surface area contributed by atoms with Crippen molar-refractivity contribution >= 4 is 9.73 Å². The molecule has 0 aliphatic carbocycles. The van der Waals surface area contributed by atoms with Gasteiger partial charge in [0.15, 0.2) is 0 Å². The molecule has 2 aromatic carbocycles. The molecule has 3 unspecified atom stereocenters. The van der Waals surface area contributed by atoms with Gasteiger partial charge in [-0.05, 0) is 12.1 Å². The van der Waals surface area contributed by atoms with E-state index in [0.29, 0.717) is 18.2 Å². The van der Waals surface area contributed by atoms with Gasteiger partial charge in [0.05, 0.1) is 10.5 Å². The molecule has 11 heteroatoms. The molecule has 27 heavy (non-hydrogen) atoms. The summed E-state index contributed by atoms with van der Waals surface area (Å²) < 4.78 is 106. The van der Waals surface area contributed by atoms with Crippen LogP contribution in [-0.4, -0.2) is 21.0 Å². The average Bonchev–Trinajstić information content (AvgIpc) is 2.72. The number of rotatable bonds is 4. The largest absolute Gasteiger partial charge is 0.457 e. The van der Waals surface area contributed by atoms with E-state index in [1.807, 2.05) is 0 Å². The SMILES string of the molecule is N=S1(=O)c2ccc(Oc3cc(F)cc(F)c3)c(C(F)F)c2C(O)C1(F)CF. The Hall–Kier alpha value is -2.27. The molecule has 2 aromatic rings. The standard InChI is InChI=1S/C16H11F6NO3S/c17-6-16(22)14(24)13-11(27(16,23)25)2-1-10(12(13)15(20)21)26-9-4-7(18)3-8(19)5-9/h1-5,14-15,23-24H,6H2. The number of aliphatic hydroxyl groups is 1. The first-order chi connectivity index (χ1) is 12.5. The smallest absolute Gasteiger partial charge is 0.267 e. The maximum atomic E-state index is 14.6. The lowest BCUT2D eigenvalue weighted by Crippen LogP contribution is -2.36. The Morgan fingerprint density at radius 3 is 2.33 bits per heavy atom. The van der Waals surface area contributed by atoms with Crippen LogP contribution in [0, 0.1) is 16.4 Å². The summed E-state index contributed by atoms with van der Waals surface area (Å²) >= 11 is 0. The van der Waals surface area contributed by atoms with Crippen molar-refractivity contribution in [1.82, 2.24) is 0 Å². The number of alkyl halides is 4. The summed E-state index contributed by atoms with van der Waals surface area (Å²) in [6, 6.07) is 3.46. The molecule has 0 saturated carbocycles. The summed E-state index contributed by atoms with van der Waals surface area (Å²) in [4.78, 5) is -0.789. The predicted molar refractivity (Wildman–Crippen MR) is 81.7 cm³/mol. The van der Waals surface area contributed by atoms with Crippen molar-refractivity contribution in [3.05, 3.63) is 53.1 Å². The molecule has 4 nitrogen and oxygen atoms in total. The summed E-state index contributed by atoms with van der Waals surface area (Å²) in [5, 5.41) is 6.41. The third kappa shape index (κ3) is 2.85. The number of hydrogen-bond acceptors (Lipinski definition) is 4. The number of fused-ring (bicyclic) bond motifs is 1. The normalized spacial score (nSPS) is 27.0. The molecule has 0 spiro atoms. The van der Waals surface area contributed by atoms with Crippen molar-refractivity contribution in [2.24, 2.45) is 0 Å². The van der Waals surface area contributed by atoms with Crippen LogP contribution < -0.4 is 4.74 Å². The molecule has 3 rings (SSSR count). The zero-order chi connectivity index (χ0) is 20.1. The Kier molecular flexibility index (Phi) is 4.63. The summed E-state index contributed by atoms with van der Waals surface area (Å²) in [5.41, 5.74) is -2.07. The molecule has 0 radical (unpaired) electrons. The molecule has 0 bridgehead atoms. The van der Waals surface area contributed by atoms with Gasteiger partial charge in [0.1, 0.15) is 45.6 Å². The molecule has 0 saturated heterocycles. The first-order valence-corrected chi connectivity index (χ1v) is 8.89. The number of hydrogen-bond donors (Lipinski definition) is 2. The Labute approximate surface area is 149 Å². The Bertz CT molecular complexity index is 993. The van der Waals surface area contributed by atoms with Gasteiger partial charge in [-0.15, -0.1) is 0 Å². The third-order valence-corrected chi connectivity index (χ3v) is 6.40. The summed E-state index contributed by atoms with van der Waals surface area (Å²) in [5.74, 6) is -3.34. The van der Waals surface area contributed by atoms with Crippen molar-refractivity contribution in [1.29, 1.82) is 4.78 Å². The van der Waals surface area contributed by atoms with Crippen molar-refractivity contribution < 1.29 is 40.4 Å². The minimum atomic E-state index is -4.60. The van der Waals surface area contributed by atoms with E-state index < -0.39 is 73.1 Å². The van der Waals surface area contributed by atoms with Crippen LogP contribution >= 0.6 is 0 Å². The second-order valence-electron chi connectivity index (χ2n) is 5.78. The lowest BCUT2D eigenvalue weighted by molar-refractivity contribution is 0.0346. The van der Waals surface area contributed by atoms with Gasteiger partial charge < -0.3 is 9.84 Å². The maximum absolute atomic E-state index is 14.6. The van der Waals surface area contributed by atoms with Gasteiger partial charge in [0.25, 0.3) is 11.4 Å². The second-order valence-corrected chi connectivity index (χ2v) is 8.01. The van der Waals surface area contributed by atoms with Crippen LogP contribution in [0.15, 0.2) is 35.2 Å². The van der Waals surface area contributed by atoms with E-state index in [0.717, 1.165) is 12.1 Å². The Morgan fingerprint density at radius 2 is 1.81 bits per heavy atom. The van der Waals surface area contributed by atoms with Gasteiger partial charge in [0.2, 0.25) is 0 Å². The molecule has 1 heterocycles. The number of benzene rings is 2. The van der Waals surface area contributed by atoms with Crippen molar-refractivity contribution in [3.63, 3.8) is 0 Å². The summed E-state index contributed by atoms with van der Waals surface area (Å²) in [6.45, 7) is -2.04. The van der Waals surface area contributed by atoms with Gasteiger partial charge >= 0.3 is 0 Å². The van der Waals surface area contributed by atoms with Crippen LogP contribution in [0.4, 0.5) is 26.3 Å². The van der Waals surface area contributed by atoms with E-state index in [1.54, 1.807) is 0 Å². The fraction of sp³-hybridized carbons (Fsp3) is 0.250. The molecule has 0 fully saturated rings. The zero-order valence-corrected chi connectivity index (χ0v) is 14.0. The second kappa shape index (κ2) is 6.41. The number of nitrogens with one attached hydrogen (secondary N) is 1. The zero-order valence-electron chi connectivity index (χ0n) is 13.2. The minimum Gasteiger partial charge on any atom is -0.457 e. The predicted octanol–water partition coefficient (Wildman–Crippen LogP) is 4.78. The first kappa shape index (κ1) is 19.5. The van der Waals surface area contributed by atoms with Crippen LogP contribution in [0.5, 0.6) is 11.5 Å². The van der Waals surface area contributed by atoms with Crippen LogP contribution in [-0.2, 0) is 9.73 Å². The minimum absolute atomic E-state index is 0.509. The molecule has 2 N–H and O–H groups in total. The average molecular weight is 411 g/mol. The summed E-state index contributed by atoms with van der Waals surface area (Å²) in [7, 11) is -4.60. The lowest BCUT2D eigenvalue weighted by Gasteiger charge is -2.21. The van der Waals surface area contributed by atoms with E-state index in [1.165, 1.54) is 0 Å². The van der Waals surface area contributed by atoms with Gasteiger partial charge in [0, 0.05) is 23.8 Å². The highest BCUT2D eigenvalue weighted by atomic mass is 32.2. The fourth-order valence-corrected chi connectivity index (χ4v) is 4.61. The third-order valence-electron chi connectivity index (χ3n) is 4.14. The molecule has 0 aromatic heterocycles. The van der Waals surface area contributed by atoms with Crippen molar-refractivity contribution in [3.8, 4) is 11.5 Å². The van der Waals surface area contributed by atoms with E-state index in [2.05, 4.69) is 0 Å². The number of aliphatic hydroxyl groups excluding tert-OH is 1. The quantitative estimate of drug-likeness (QED) is 0.712. The highest BCUT2D eigenvalue weighted by molar-refractivity contribution is 7.94. The topological polar surface area (TPSA) is 70.4 Å². The van der Waals surface area contributed by atoms with Crippen LogP contribution in [0.3, 0.4) is 0 Å². The molecule has 3 atom stereocenters. The highest BCUT2D eigenvalue weighted by Crippen LogP contribution is 2.53.